The number of nitrogens with one attached hydrogen (secondary N) is 1. The summed E-state index contributed by atoms with van der Waals surface area (Å²) in [6.07, 6.45) is -0.840. The molecule has 8 heteroatoms. The minimum atomic E-state index is -4.46. The van der Waals surface area contributed by atoms with E-state index in [1.165, 1.54) is 11.3 Å². The van der Waals surface area contributed by atoms with Crippen molar-refractivity contribution in [1.29, 1.82) is 0 Å². The monoisotopic (exact) mass is 336 g/mol. The number of hydrogen-bond donors (Lipinski definition) is 2. The fraction of sp³-hybridized carbons (Fsp3) is 0.0667. The minimum Gasteiger partial charge on any atom is -0.391 e. The second-order valence-electron chi connectivity index (χ2n) is 4.69. The largest absolute Gasteiger partial charge is 0.432 e. The van der Waals surface area contributed by atoms with Crippen LogP contribution in [0, 0.1) is 0 Å². The highest BCUT2D eigenvalue weighted by Gasteiger charge is 2.33. The molecule has 3 aromatic rings. The number of thiophene rings is 1. The Morgan fingerprint density at radius 3 is 2.57 bits per heavy atom. The van der Waals surface area contributed by atoms with Gasteiger partial charge in [-0.3, -0.25) is 5.10 Å². The van der Waals surface area contributed by atoms with E-state index < -0.39 is 11.9 Å². The van der Waals surface area contributed by atoms with E-state index in [0.717, 1.165) is 10.9 Å². The van der Waals surface area contributed by atoms with Crippen LogP contribution in [0.3, 0.4) is 0 Å². The summed E-state index contributed by atoms with van der Waals surface area (Å²) in [5.41, 5.74) is 5.88. The van der Waals surface area contributed by atoms with Crippen molar-refractivity contribution < 1.29 is 13.2 Å². The Morgan fingerprint density at radius 2 is 1.91 bits per heavy atom. The van der Waals surface area contributed by atoms with Crippen molar-refractivity contribution in [1.82, 2.24) is 15.2 Å². The lowest BCUT2D eigenvalue weighted by atomic mass is 10.2. The molecule has 0 unspecified atom stereocenters. The Kier molecular flexibility index (Phi) is 3.91. The van der Waals surface area contributed by atoms with Crippen molar-refractivity contribution in [3.05, 3.63) is 52.7 Å². The number of halogens is 3. The van der Waals surface area contributed by atoms with Gasteiger partial charge in [0.1, 0.15) is 11.4 Å². The minimum absolute atomic E-state index is 0.146. The van der Waals surface area contributed by atoms with Gasteiger partial charge in [0.05, 0.1) is 16.4 Å². The lowest BCUT2D eigenvalue weighted by Crippen LogP contribution is -2.04. The summed E-state index contributed by atoms with van der Waals surface area (Å²) in [7, 11) is 0. The molecule has 0 amide bonds. The summed E-state index contributed by atoms with van der Waals surface area (Å²) < 4.78 is 37.8. The topological polar surface area (TPSA) is 67.6 Å². The predicted octanol–water partition coefficient (Wildman–Crippen LogP) is 4.30. The Hall–Kier alpha value is -2.61. The average molecular weight is 336 g/mol. The molecule has 0 saturated carbocycles. The molecule has 3 heterocycles. The number of rotatable bonds is 3. The molecule has 0 spiro atoms. The number of alkyl halides is 3. The first kappa shape index (κ1) is 15.3. The fourth-order valence-corrected chi connectivity index (χ4v) is 2.59. The van der Waals surface area contributed by atoms with Crippen LogP contribution in [0.5, 0.6) is 0 Å². The summed E-state index contributed by atoms with van der Waals surface area (Å²) in [6, 6.07) is 9.70. The van der Waals surface area contributed by atoms with E-state index >= 15 is 0 Å². The van der Waals surface area contributed by atoms with E-state index in [4.69, 9.17) is 5.73 Å². The van der Waals surface area contributed by atoms with Crippen LogP contribution < -0.4 is 5.73 Å². The molecule has 3 aromatic heterocycles. The van der Waals surface area contributed by atoms with Crippen molar-refractivity contribution in [2.75, 3.05) is 5.73 Å². The normalized spacial score (nSPS) is 12.1. The lowest BCUT2D eigenvalue weighted by molar-refractivity contribution is -0.141. The molecule has 0 saturated heterocycles. The molecule has 0 fully saturated rings. The van der Waals surface area contributed by atoms with E-state index in [9.17, 15) is 13.2 Å². The highest BCUT2D eigenvalue weighted by Crippen LogP contribution is 2.30. The molecule has 0 aliphatic heterocycles. The third-order valence-corrected chi connectivity index (χ3v) is 3.86. The van der Waals surface area contributed by atoms with Crippen LogP contribution in [0.1, 0.15) is 16.3 Å². The highest BCUT2D eigenvalue weighted by atomic mass is 32.1. The average Bonchev–Trinajstić information content (AvgIpc) is 3.14. The number of hydrogen-bond acceptors (Lipinski definition) is 4. The molecule has 0 radical (unpaired) electrons. The van der Waals surface area contributed by atoms with Gasteiger partial charge in [0.25, 0.3) is 0 Å². The molecule has 4 nitrogen and oxygen atoms in total. The van der Waals surface area contributed by atoms with Gasteiger partial charge in [-0.05, 0) is 42.5 Å². The maximum absolute atomic E-state index is 12.6. The standard InChI is InChI=1S/C15H11F3N4S/c16-15(17,18)13-8-12(21-22-13)11-3-1-2-9(20-11)4-5-10-6-7-14(19)23-10/h1-8H,19H2,(H,21,22)/b5-4+. The van der Waals surface area contributed by atoms with Crippen LogP contribution in [0.15, 0.2) is 36.4 Å². The molecule has 3 rings (SSSR count). The summed E-state index contributed by atoms with van der Waals surface area (Å²) in [5, 5.41) is 6.36. The molecule has 0 bridgehead atoms. The number of nitrogens with two attached hydrogens (primary N) is 1. The van der Waals surface area contributed by atoms with Gasteiger partial charge in [-0.1, -0.05) is 6.07 Å². The van der Waals surface area contributed by atoms with Crippen LogP contribution in [0.4, 0.5) is 18.2 Å². The van der Waals surface area contributed by atoms with Crippen LogP contribution in [-0.2, 0) is 6.18 Å². The first-order valence-corrected chi connectivity index (χ1v) is 7.37. The van der Waals surface area contributed by atoms with Gasteiger partial charge >= 0.3 is 6.18 Å². The zero-order valence-corrected chi connectivity index (χ0v) is 12.4. The number of nitrogen functional groups attached to an aromatic ring is 1. The first-order chi connectivity index (χ1) is 10.9. The van der Waals surface area contributed by atoms with Gasteiger partial charge in [0.15, 0.2) is 0 Å². The molecule has 0 aliphatic carbocycles. The van der Waals surface area contributed by atoms with E-state index in [-0.39, 0.29) is 5.69 Å². The van der Waals surface area contributed by atoms with E-state index in [2.05, 4.69) is 10.1 Å². The Bertz CT molecular complexity index is 848. The fourth-order valence-electron chi connectivity index (χ4n) is 1.91. The molecule has 0 atom stereocenters. The van der Waals surface area contributed by atoms with Crippen LogP contribution in [0.25, 0.3) is 23.5 Å². The summed E-state index contributed by atoms with van der Waals surface area (Å²) in [5.74, 6) is 0. The number of aromatic nitrogens is 3. The summed E-state index contributed by atoms with van der Waals surface area (Å²) in [4.78, 5) is 5.26. The van der Waals surface area contributed by atoms with Gasteiger partial charge in [0, 0.05) is 4.88 Å². The molecule has 0 aliphatic rings. The zero-order chi connectivity index (χ0) is 16.4. The smallest absolute Gasteiger partial charge is 0.391 e. The second-order valence-corrected chi connectivity index (χ2v) is 5.83. The molecular weight excluding hydrogens is 325 g/mol. The number of nitrogens with zero attached hydrogens (tertiary/aromatic N) is 2. The Balaban J connectivity index is 1.85. The zero-order valence-electron chi connectivity index (χ0n) is 11.6. The van der Waals surface area contributed by atoms with Crippen LogP contribution in [0.2, 0.25) is 0 Å². The number of pyridine rings is 1. The quantitative estimate of drug-likeness (QED) is 0.749. The van der Waals surface area contributed by atoms with Crippen molar-refractivity contribution in [3.63, 3.8) is 0 Å². The third kappa shape index (κ3) is 3.59. The second kappa shape index (κ2) is 5.88. The van der Waals surface area contributed by atoms with Crippen molar-refractivity contribution in [2.24, 2.45) is 0 Å². The molecule has 0 aromatic carbocycles. The molecule has 118 valence electrons. The van der Waals surface area contributed by atoms with E-state index in [0.29, 0.717) is 16.4 Å². The van der Waals surface area contributed by atoms with Gasteiger partial charge in [-0.25, -0.2) is 4.98 Å². The number of H-pyrrole nitrogens is 1. The Morgan fingerprint density at radius 1 is 1.09 bits per heavy atom. The third-order valence-electron chi connectivity index (χ3n) is 2.98. The van der Waals surface area contributed by atoms with Crippen LogP contribution >= 0.6 is 11.3 Å². The van der Waals surface area contributed by atoms with Crippen molar-refractivity contribution in [2.45, 2.75) is 6.18 Å². The Labute approximate surface area is 133 Å². The van der Waals surface area contributed by atoms with Crippen molar-refractivity contribution in [3.8, 4) is 11.4 Å². The van der Waals surface area contributed by atoms with E-state index in [1.54, 1.807) is 30.3 Å². The predicted molar refractivity (Wildman–Crippen MR) is 84.5 cm³/mol. The summed E-state index contributed by atoms with van der Waals surface area (Å²) in [6.45, 7) is 0. The van der Waals surface area contributed by atoms with Gasteiger partial charge in [-0.15, -0.1) is 11.3 Å². The van der Waals surface area contributed by atoms with Crippen molar-refractivity contribution >= 4 is 28.5 Å². The van der Waals surface area contributed by atoms with E-state index in [1.807, 2.05) is 17.2 Å². The van der Waals surface area contributed by atoms with Gasteiger partial charge < -0.3 is 5.73 Å². The number of aromatic amines is 1. The lowest BCUT2D eigenvalue weighted by Gasteiger charge is -2.00. The van der Waals surface area contributed by atoms with Gasteiger partial charge in [-0.2, -0.15) is 18.3 Å². The summed E-state index contributed by atoms with van der Waals surface area (Å²) >= 11 is 1.43. The highest BCUT2D eigenvalue weighted by molar-refractivity contribution is 7.16. The van der Waals surface area contributed by atoms with Gasteiger partial charge in [0.2, 0.25) is 0 Å². The molecular formula is C15H11F3N4S. The maximum atomic E-state index is 12.6. The molecule has 23 heavy (non-hydrogen) atoms. The number of anilines is 1. The molecule has 3 N–H and O–H groups in total. The maximum Gasteiger partial charge on any atom is 0.432 e. The SMILES string of the molecule is Nc1ccc(/C=C/c2cccc(-c3cc(C(F)(F)F)[nH]n3)n2)s1. The first-order valence-electron chi connectivity index (χ1n) is 6.55. The van der Waals surface area contributed by atoms with Crippen LogP contribution in [-0.4, -0.2) is 15.2 Å².